The van der Waals surface area contributed by atoms with Crippen LogP contribution < -0.4 is 5.73 Å². The molecule has 2 N–H and O–H groups in total. The van der Waals surface area contributed by atoms with Gasteiger partial charge in [0, 0.05) is 13.1 Å². The maximum absolute atomic E-state index is 12.2. The van der Waals surface area contributed by atoms with Crippen LogP contribution in [0.1, 0.15) is 47.0 Å². The molecule has 1 fully saturated rings. The molecular weight excluding hydrogens is 248 g/mol. The number of halogens is 1. The number of likely N-dealkylation sites (tertiary alicyclic amines) is 1. The molecule has 18 heavy (non-hydrogen) atoms. The van der Waals surface area contributed by atoms with E-state index in [1.54, 1.807) is 0 Å². The van der Waals surface area contributed by atoms with E-state index in [0.717, 1.165) is 37.8 Å². The van der Waals surface area contributed by atoms with Crippen LogP contribution in [0.25, 0.3) is 0 Å². The molecule has 0 spiro atoms. The van der Waals surface area contributed by atoms with Gasteiger partial charge in [0.1, 0.15) is 0 Å². The Morgan fingerprint density at radius 1 is 1.17 bits per heavy atom. The van der Waals surface area contributed by atoms with Crippen LogP contribution in [-0.4, -0.2) is 29.9 Å². The molecule has 0 aromatic carbocycles. The summed E-state index contributed by atoms with van der Waals surface area (Å²) in [7, 11) is 0. The van der Waals surface area contributed by atoms with Crippen LogP contribution >= 0.6 is 12.4 Å². The predicted octanol–water partition coefficient (Wildman–Crippen LogP) is 2.68. The van der Waals surface area contributed by atoms with Gasteiger partial charge >= 0.3 is 0 Å². The zero-order valence-electron chi connectivity index (χ0n) is 12.2. The standard InChI is InChI=1S/C14H28N2O.ClH/c1-10(2)12-6-5-8-16(9-7-12)14(17)13(15)11(3)4;/h10-13H,5-9,15H2,1-4H3;1H. The molecule has 0 aromatic rings. The van der Waals surface area contributed by atoms with Crippen molar-refractivity contribution in [2.24, 2.45) is 23.5 Å². The quantitative estimate of drug-likeness (QED) is 0.861. The molecule has 0 aliphatic carbocycles. The maximum Gasteiger partial charge on any atom is 0.239 e. The zero-order valence-corrected chi connectivity index (χ0v) is 13.0. The van der Waals surface area contributed by atoms with Crippen molar-refractivity contribution in [3.8, 4) is 0 Å². The van der Waals surface area contributed by atoms with E-state index in [4.69, 9.17) is 5.73 Å². The number of hydrogen-bond donors (Lipinski definition) is 1. The Kier molecular flexibility index (Phi) is 7.88. The Balaban J connectivity index is 0.00000289. The summed E-state index contributed by atoms with van der Waals surface area (Å²) in [6.07, 6.45) is 3.51. The van der Waals surface area contributed by atoms with E-state index in [-0.39, 0.29) is 30.3 Å². The molecule has 0 saturated carbocycles. The number of amides is 1. The summed E-state index contributed by atoms with van der Waals surface area (Å²) in [4.78, 5) is 14.1. The second-order valence-corrected chi connectivity index (χ2v) is 6.03. The fourth-order valence-electron chi connectivity index (χ4n) is 2.51. The van der Waals surface area contributed by atoms with E-state index in [1.165, 1.54) is 6.42 Å². The second-order valence-electron chi connectivity index (χ2n) is 6.03. The molecule has 1 aliphatic rings. The number of carbonyl (C=O) groups excluding carboxylic acids is 1. The van der Waals surface area contributed by atoms with Gasteiger partial charge in [-0.05, 0) is 37.0 Å². The minimum absolute atomic E-state index is 0. The van der Waals surface area contributed by atoms with E-state index in [2.05, 4.69) is 13.8 Å². The van der Waals surface area contributed by atoms with Gasteiger partial charge in [-0.2, -0.15) is 0 Å². The van der Waals surface area contributed by atoms with Gasteiger partial charge in [-0.3, -0.25) is 4.79 Å². The van der Waals surface area contributed by atoms with Crippen molar-refractivity contribution in [1.29, 1.82) is 0 Å². The molecule has 0 aromatic heterocycles. The van der Waals surface area contributed by atoms with Gasteiger partial charge in [0.25, 0.3) is 0 Å². The maximum atomic E-state index is 12.2. The first-order chi connectivity index (χ1) is 7.93. The van der Waals surface area contributed by atoms with Crippen LogP contribution in [0.5, 0.6) is 0 Å². The van der Waals surface area contributed by atoms with Crippen molar-refractivity contribution < 1.29 is 4.79 Å². The van der Waals surface area contributed by atoms with Crippen molar-refractivity contribution in [3.63, 3.8) is 0 Å². The van der Waals surface area contributed by atoms with Gasteiger partial charge in [0.15, 0.2) is 0 Å². The zero-order chi connectivity index (χ0) is 13.0. The normalized spacial score (nSPS) is 22.6. The van der Waals surface area contributed by atoms with Crippen molar-refractivity contribution >= 4 is 18.3 Å². The monoisotopic (exact) mass is 276 g/mol. The summed E-state index contributed by atoms with van der Waals surface area (Å²) >= 11 is 0. The molecule has 3 nitrogen and oxygen atoms in total. The third-order valence-corrected chi connectivity index (χ3v) is 4.03. The molecule has 0 radical (unpaired) electrons. The number of carbonyl (C=O) groups is 1. The molecule has 2 atom stereocenters. The lowest BCUT2D eigenvalue weighted by Crippen LogP contribution is -2.46. The highest BCUT2D eigenvalue weighted by Crippen LogP contribution is 2.24. The second kappa shape index (κ2) is 8.00. The van der Waals surface area contributed by atoms with Crippen molar-refractivity contribution in [1.82, 2.24) is 4.90 Å². The fourth-order valence-corrected chi connectivity index (χ4v) is 2.51. The van der Waals surface area contributed by atoms with Gasteiger partial charge < -0.3 is 10.6 Å². The topological polar surface area (TPSA) is 46.3 Å². The van der Waals surface area contributed by atoms with Gasteiger partial charge in [-0.15, -0.1) is 12.4 Å². The van der Waals surface area contributed by atoms with Crippen molar-refractivity contribution in [2.75, 3.05) is 13.1 Å². The molecule has 4 heteroatoms. The molecule has 108 valence electrons. The Hall–Kier alpha value is -0.280. The largest absolute Gasteiger partial charge is 0.341 e. The number of nitrogens with two attached hydrogens (primary N) is 1. The first kappa shape index (κ1) is 17.7. The van der Waals surface area contributed by atoms with Gasteiger partial charge in [-0.1, -0.05) is 27.7 Å². The molecule has 2 unspecified atom stereocenters. The number of rotatable bonds is 3. The fraction of sp³-hybridized carbons (Fsp3) is 0.929. The lowest BCUT2D eigenvalue weighted by molar-refractivity contribution is -0.133. The minimum Gasteiger partial charge on any atom is -0.341 e. The van der Waals surface area contributed by atoms with Crippen LogP contribution in [0.2, 0.25) is 0 Å². The Labute approximate surface area is 118 Å². The van der Waals surface area contributed by atoms with E-state index >= 15 is 0 Å². The van der Waals surface area contributed by atoms with Crippen LogP contribution in [0.3, 0.4) is 0 Å². The van der Waals surface area contributed by atoms with Crippen molar-refractivity contribution in [2.45, 2.75) is 53.0 Å². The summed E-state index contributed by atoms with van der Waals surface area (Å²) in [5.74, 6) is 1.86. The third kappa shape index (κ3) is 4.77. The Morgan fingerprint density at radius 3 is 2.28 bits per heavy atom. The highest BCUT2D eigenvalue weighted by atomic mass is 35.5. The SMILES string of the molecule is CC(C)C1CCCN(C(=O)C(N)C(C)C)CC1.Cl. The van der Waals surface area contributed by atoms with E-state index in [0.29, 0.717) is 0 Å². The average Bonchev–Trinajstić information content (AvgIpc) is 2.52. The summed E-state index contributed by atoms with van der Waals surface area (Å²) in [6, 6.07) is -0.328. The van der Waals surface area contributed by atoms with E-state index < -0.39 is 0 Å². The van der Waals surface area contributed by atoms with Crippen LogP contribution in [0.4, 0.5) is 0 Å². The minimum atomic E-state index is -0.328. The Bertz CT molecular complexity index is 256. The van der Waals surface area contributed by atoms with Gasteiger partial charge in [0.05, 0.1) is 6.04 Å². The average molecular weight is 277 g/mol. The molecule has 1 rings (SSSR count). The Morgan fingerprint density at radius 2 is 1.78 bits per heavy atom. The molecule has 1 saturated heterocycles. The van der Waals surface area contributed by atoms with Gasteiger partial charge in [0.2, 0.25) is 5.91 Å². The highest BCUT2D eigenvalue weighted by molar-refractivity contribution is 5.85. The molecular formula is C14H29ClN2O. The highest BCUT2D eigenvalue weighted by Gasteiger charge is 2.26. The summed E-state index contributed by atoms with van der Waals surface area (Å²) in [5.41, 5.74) is 5.95. The summed E-state index contributed by atoms with van der Waals surface area (Å²) < 4.78 is 0. The molecule has 1 amide bonds. The first-order valence-electron chi connectivity index (χ1n) is 6.97. The molecule has 1 heterocycles. The number of hydrogen-bond acceptors (Lipinski definition) is 2. The molecule has 0 bridgehead atoms. The summed E-state index contributed by atoms with van der Waals surface area (Å²) in [5, 5.41) is 0. The van der Waals surface area contributed by atoms with Crippen molar-refractivity contribution in [3.05, 3.63) is 0 Å². The van der Waals surface area contributed by atoms with E-state index in [9.17, 15) is 4.79 Å². The predicted molar refractivity (Wildman–Crippen MR) is 78.8 cm³/mol. The van der Waals surface area contributed by atoms with E-state index in [1.807, 2.05) is 18.7 Å². The smallest absolute Gasteiger partial charge is 0.239 e. The molecule has 1 aliphatic heterocycles. The lowest BCUT2D eigenvalue weighted by Gasteiger charge is -2.26. The van der Waals surface area contributed by atoms with Crippen LogP contribution in [-0.2, 0) is 4.79 Å². The number of nitrogens with zero attached hydrogens (tertiary/aromatic N) is 1. The third-order valence-electron chi connectivity index (χ3n) is 4.03. The van der Waals surface area contributed by atoms with Crippen LogP contribution in [0.15, 0.2) is 0 Å². The van der Waals surface area contributed by atoms with Crippen LogP contribution in [0, 0.1) is 17.8 Å². The summed E-state index contributed by atoms with van der Waals surface area (Å²) in [6.45, 7) is 10.4. The first-order valence-corrected chi connectivity index (χ1v) is 6.97. The lowest BCUT2D eigenvalue weighted by atomic mass is 9.89. The van der Waals surface area contributed by atoms with Gasteiger partial charge in [-0.25, -0.2) is 0 Å².